The van der Waals surface area contributed by atoms with Crippen molar-refractivity contribution in [3.63, 3.8) is 0 Å². The van der Waals surface area contributed by atoms with E-state index in [-0.39, 0.29) is 0 Å². The molecule has 4 rings (SSSR count). The molecule has 0 saturated carbocycles. The lowest BCUT2D eigenvalue weighted by Crippen LogP contribution is -2.12. The van der Waals surface area contributed by atoms with Crippen LogP contribution in [-0.2, 0) is 0 Å². The number of aromatic nitrogens is 1. The van der Waals surface area contributed by atoms with E-state index in [1.165, 1.54) is 29.5 Å². The molecule has 7 heteroatoms. The van der Waals surface area contributed by atoms with Crippen LogP contribution in [0.4, 0.5) is 15.8 Å². The molecule has 0 spiro atoms. The molecular weight excluding hydrogens is 377 g/mol. The number of methoxy groups -OCH3 is 1. The van der Waals surface area contributed by atoms with Crippen LogP contribution < -0.4 is 15.8 Å². The molecule has 140 valence electrons. The fourth-order valence-corrected chi connectivity index (χ4v) is 3.85. The van der Waals surface area contributed by atoms with Crippen molar-refractivity contribution in [3.8, 4) is 17.0 Å². The number of nitrogens with zero attached hydrogens (tertiary/aromatic N) is 1. The highest BCUT2D eigenvalue weighted by atomic mass is 32.1. The van der Waals surface area contributed by atoms with Crippen LogP contribution in [0.2, 0.25) is 0 Å². The van der Waals surface area contributed by atoms with Crippen LogP contribution in [0.3, 0.4) is 0 Å². The lowest BCUT2D eigenvalue weighted by atomic mass is 10.1. The van der Waals surface area contributed by atoms with Crippen molar-refractivity contribution in [2.24, 2.45) is 0 Å². The van der Waals surface area contributed by atoms with Gasteiger partial charge in [-0.2, -0.15) is 0 Å². The molecule has 4 aromatic rings. The van der Waals surface area contributed by atoms with Crippen LogP contribution in [0.25, 0.3) is 21.5 Å². The van der Waals surface area contributed by atoms with E-state index in [4.69, 9.17) is 10.5 Å². The predicted molar refractivity (Wildman–Crippen MR) is 110 cm³/mol. The van der Waals surface area contributed by atoms with E-state index < -0.39 is 11.7 Å². The number of fused-ring (bicyclic) bond motifs is 1. The van der Waals surface area contributed by atoms with Crippen LogP contribution >= 0.6 is 11.3 Å². The molecule has 0 aliphatic rings. The number of thiophene rings is 1. The van der Waals surface area contributed by atoms with Crippen molar-refractivity contribution in [3.05, 3.63) is 71.4 Å². The number of nitrogen functional groups attached to an aromatic ring is 1. The van der Waals surface area contributed by atoms with Gasteiger partial charge < -0.3 is 15.8 Å². The lowest BCUT2D eigenvalue weighted by Gasteiger charge is -2.04. The smallest absolute Gasteiger partial charge is 0.267 e. The normalized spacial score (nSPS) is 10.8. The zero-order chi connectivity index (χ0) is 19.7. The zero-order valence-electron chi connectivity index (χ0n) is 14.9. The number of hydrogen-bond donors (Lipinski definition) is 2. The van der Waals surface area contributed by atoms with Crippen LogP contribution in [0.15, 0.2) is 60.7 Å². The van der Waals surface area contributed by atoms with Crippen molar-refractivity contribution in [1.82, 2.24) is 4.98 Å². The van der Waals surface area contributed by atoms with Gasteiger partial charge in [-0.15, -0.1) is 11.3 Å². The number of anilines is 2. The molecule has 3 N–H and O–H groups in total. The molecule has 28 heavy (non-hydrogen) atoms. The summed E-state index contributed by atoms with van der Waals surface area (Å²) in [6.07, 6.45) is 0. The summed E-state index contributed by atoms with van der Waals surface area (Å²) >= 11 is 1.20. The number of ether oxygens (including phenoxy) is 1. The predicted octanol–water partition coefficient (Wildman–Crippen LogP) is 4.95. The van der Waals surface area contributed by atoms with E-state index in [1.54, 1.807) is 13.2 Å². The molecule has 0 aliphatic carbocycles. The number of benzene rings is 2. The van der Waals surface area contributed by atoms with Crippen LogP contribution in [-0.4, -0.2) is 18.0 Å². The molecule has 2 aromatic carbocycles. The first kappa shape index (κ1) is 17.9. The first-order valence-corrected chi connectivity index (χ1v) is 9.27. The molecule has 1 amide bonds. The van der Waals surface area contributed by atoms with Crippen LogP contribution in [0, 0.1) is 5.82 Å². The Bertz CT molecular complexity index is 1190. The topological polar surface area (TPSA) is 77.2 Å². The Labute approximate surface area is 164 Å². The van der Waals surface area contributed by atoms with Crippen molar-refractivity contribution in [1.29, 1.82) is 0 Å². The Hall–Kier alpha value is -3.45. The summed E-state index contributed by atoms with van der Waals surface area (Å²) in [6.45, 7) is 0. The van der Waals surface area contributed by atoms with Crippen LogP contribution in [0.5, 0.6) is 5.75 Å². The number of nitrogens with one attached hydrogen (secondary N) is 1. The number of carbonyl (C=O) groups excluding carboxylic acids is 1. The summed E-state index contributed by atoms with van der Waals surface area (Å²) in [5.41, 5.74) is 8.56. The second-order valence-electron chi connectivity index (χ2n) is 6.09. The Kier molecular flexibility index (Phi) is 4.67. The van der Waals surface area contributed by atoms with E-state index in [2.05, 4.69) is 10.3 Å². The van der Waals surface area contributed by atoms with Gasteiger partial charge in [-0.05, 0) is 42.5 Å². The molecule has 5 nitrogen and oxygen atoms in total. The quantitative estimate of drug-likeness (QED) is 0.515. The van der Waals surface area contributed by atoms with E-state index >= 15 is 0 Å². The third-order valence-electron chi connectivity index (χ3n) is 4.25. The second kappa shape index (κ2) is 7.28. The standard InChI is InChI=1S/C21H16FN3O2S/c1-27-15-7-2-4-12(10-15)17-9-8-16-18(23)19(28-21(16)25-17)20(26)24-14-6-3-5-13(22)11-14/h2-11H,23H2,1H3,(H,24,26). The summed E-state index contributed by atoms with van der Waals surface area (Å²) in [5.74, 6) is -0.0824. The summed E-state index contributed by atoms with van der Waals surface area (Å²) in [7, 11) is 1.61. The molecule has 2 aromatic heterocycles. The highest BCUT2D eigenvalue weighted by Crippen LogP contribution is 2.35. The van der Waals surface area contributed by atoms with Gasteiger partial charge in [-0.25, -0.2) is 9.37 Å². The molecule has 0 radical (unpaired) electrons. The fraction of sp³-hybridized carbons (Fsp3) is 0.0476. The second-order valence-corrected chi connectivity index (χ2v) is 7.09. The van der Waals surface area contributed by atoms with Crippen molar-refractivity contribution >= 4 is 38.8 Å². The molecule has 0 saturated heterocycles. The van der Waals surface area contributed by atoms with Crippen molar-refractivity contribution < 1.29 is 13.9 Å². The molecule has 2 heterocycles. The van der Waals surface area contributed by atoms with Gasteiger partial charge in [0.25, 0.3) is 5.91 Å². The molecule has 0 bridgehead atoms. The van der Waals surface area contributed by atoms with Gasteiger partial charge in [0.15, 0.2) is 0 Å². The zero-order valence-corrected chi connectivity index (χ0v) is 15.7. The Balaban J connectivity index is 1.69. The highest BCUT2D eigenvalue weighted by molar-refractivity contribution is 7.21. The summed E-state index contributed by atoms with van der Waals surface area (Å²) in [4.78, 5) is 18.3. The Morgan fingerprint density at radius 1 is 1.14 bits per heavy atom. The minimum Gasteiger partial charge on any atom is -0.497 e. The summed E-state index contributed by atoms with van der Waals surface area (Å²) in [6, 6.07) is 17.0. The van der Waals surface area contributed by atoms with Gasteiger partial charge in [0.2, 0.25) is 0 Å². The molecule has 0 unspecified atom stereocenters. The van der Waals surface area contributed by atoms with E-state index in [0.29, 0.717) is 26.5 Å². The summed E-state index contributed by atoms with van der Waals surface area (Å²) < 4.78 is 18.6. The monoisotopic (exact) mass is 393 g/mol. The minimum atomic E-state index is -0.424. The van der Waals surface area contributed by atoms with E-state index in [0.717, 1.165) is 17.0 Å². The van der Waals surface area contributed by atoms with Gasteiger partial charge >= 0.3 is 0 Å². The van der Waals surface area contributed by atoms with Gasteiger partial charge in [-0.3, -0.25) is 4.79 Å². The summed E-state index contributed by atoms with van der Waals surface area (Å²) in [5, 5.41) is 3.38. The minimum absolute atomic E-state index is 0.342. The number of hydrogen-bond acceptors (Lipinski definition) is 5. The van der Waals surface area contributed by atoms with Crippen LogP contribution in [0.1, 0.15) is 9.67 Å². The van der Waals surface area contributed by atoms with Gasteiger partial charge in [0.1, 0.15) is 21.3 Å². The van der Waals surface area contributed by atoms with Gasteiger partial charge in [0, 0.05) is 16.6 Å². The van der Waals surface area contributed by atoms with E-state index in [1.807, 2.05) is 36.4 Å². The fourth-order valence-electron chi connectivity index (χ4n) is 2.86. The maximum absolute atomic E-state index is 13.3. The number of halogens is 1. The maximum Gasteiger partial charge on any atom is 0.267 e. The van der Waals surface area contributed by atoms with Gasteiger partial charge in [-0.1, -0.05) is 18.2 Å². The number of amides is 1. The third kappa shape index (κ3) is 3.39. The first-order chi connectivity index (χ1) is 13.5. The first-order valence-electron chi connectivity index (χ1n) is 8.45. The molecule has 0 aliphatic heterocycles. The van der Waals surface area contributed by atoms with E-state index in [9.17, 15) is 9.18 Å². The molecule has 0 atom stereocenters. The van der Waals surface area contributed by atoms with Crippen molar-refractivity contribution in [2.45, 2.75) is 0 Å². The highest BCUT2D eigenvalue weighted by Gasteiger charge is 2.18. The van der Waals surface area contributed by atoms with Crippen molar-refractivity contribution in [2.75, 3.05) is 18.2 Å². The molecule has 0 fully saturated rings. The Morgan fingerprint density at radius 3 is 2.75 bits per heavy atom. The number of pyridine rings is 1. The number of rotatable bonds is 4. The SMILES string of the molecule is COc1cccc(-c2ccc3c(N)c(C(=O)Nc4cccc(F)c4)sc3n2)c1. The largest absolute Gasteiger partial charge is 0.497 e. The number of nitrogens with two attached hydrogens (primary N) is 1. The molecular formula is C21H16FN3O2S. The Morgan fingerprint density at radius 2 is 1.96 bits per heavy atom. The third-order valence-corrected chi connectivity index (χ3v) is 5.36. The van der Waals surface area contributed by atoms with Gasteiger partial charge in [0.05, 0.1) is 18.5 Å². The number of carbonyl (C=O) groups is 1. The lowest BCUT2D eigenvalue weighted by molar-refractivity contribution is 0.103. The maximum atomic E-state index is 13.3. The average molecular weight is 393 g/mol. The average Bonchev–Trinajstić information content (AvgIpc) is 3.04.